The van der Waals surface area contributed by atoms with Crippen molar-refractivity contribution >= 4 is 11.8 Å². The van der Waals surface area contributed by atoms with Crippen molar-refractivity contribution in [2.24, 2.45) is 0 Å². The second-order valence-corrected chi connectivity index (χ2v) is 6.22. The molecule has 0 aromatic carbocycles. The van der Waals surface area contributed by atoms with Gasteiger partial charge < -0.3 is 0 Å². The summed E-state index contributed by atoms with van der Waals surface area (Å²) in [6.07, 6.45) is 7.30. The number of rotatable bonds is 2. The van der Waals surface area contributed by atoms with Crippen molar-refractivity contribution in [3.05, 3.63) is 30.1 Å². The summed E-state index contributed by atoms with van der Waals surface area (Å²) < 4.78 is 0. The quantitative estimate of drug-likeness (QED) is 0.800. The Hall–Kier alpha value is -0.540. The molecule has 3 heteroatoms. The molecule has 2 aliphatic rings. The predicted molar refractivity (Wildman–Crippen MR) is 73.3 cm³/mol. The Balaban J connectivity index is 1.75. The van der Waals surface area contributed by atoms with Crippen molar-refractivity contribution in [2.75, 3.05) is 18.1 Å². The Labute approximate surface area is 108 Å². The molecule has 2 nitrogen and oxygen atoms in total. The van der Waals surface area contributed by atoms with E-state index in [2.05, 4.69) is 33.8 Å². The Morgan fingerprint density at radius 3 is 2.82 bits per heavy atom. The largest absolute Gasteiger partial charge is 0.292 e. The molecule has 0 amide bonds. The van der Waals surface area contributed by atoms with E-state index in [1.54, 1.807) is 0 Å². The van der Waals surface area contributed by atoms with Crippen molar-refractivity contribution in [3.8, 4) is 0 Å². The molecule has 1 aromatic heterocycles. The van der Waals surface area contributed by atoms with E-state index in [1.807, 2.05) is 12.3 Å². The van der Waals surface area contributed by atoms with Crippen LogP contribution in [0.1, 0.15) is 37.4 Å². The van der Waals surface area contributed by atoms with E-state index >= 15 is 0 Å². The van der Waals surface area contributed by atoms with Gasteiger partial charge in [-0.25, -0.2) is 0 Å². The fourth-order valence-corrected chi connectivity index (χ4v) is 4.22. The molecule has 0 aliphatic carbocycles. The zero-order chi connectivity index (χ0) is 11.5. The molecule has 0 unspecified atom stereocenters. The van der Waals surface area contributed by atoms with Gasteiger partial charge in [0, 0.05) is 12.2 Å². The molecular formula is C14H20N2S. The maximum Gasteiger partial charge on any atom is 0.0575 e. The molecule has 0 radical (unpaired) electrons. The highest BCUT2D eigenvalue weighted by molar-refractivity contribution is 7.99. The number of aromatic nitrogens is 1. The van der Waals surface area contributed by atoms with Crippen LogP contribution in [0.15, 0.2) is 24.4 Å². The highest BCUT2D eigenvalue weighted by atomic mass is 32.2. The van der Waals surface area contributed by atoms with Gasteiger partial charge in [-0.05, 0) is 55.9 Å². The number of nitrogens with zero attached hydrogens (tertiary/aromatic N) is 2. The van der Waals surface area contributed by atoms with Gasteiger partial charge in [-0.2, -0.15) is 11.8 Å². The Morgan fingerprint density at radius 2 is 2.06 bits per heavy atom. The Morgan fingerprint density at radius 1 is 1.18 bits per heavy atom. The molecule has 17 heavy (non-hydrogen) atoms. The fourth-order valence-electron chi connectivity index (χ4n) is 3.13. The first-order valence-corrected chi connectivity index (χ1v) is 7.85. The van der Waals surface area contributed by atoms with Crippen molar-refractivity contribution in [1.82, 2.24) is 9.88 Å². The van der Waals surface area contributed by atoms with E-state index in [9.17, 15) is 0 Å². The second-order valence-electron chi connectivity index (χ2n) is 4.99. The Bertz CT molecular complexity index is 348. The summed E-state index contributed by atoms with van der Waals surface area (Å²) in [6.45, 7) is 1.27. The number of hydrogen-bond donors (Lipinski definition) is 0. The van der Waals surface area contributed by atoms with Crippen LogP contribution < -0.4 is 0 Å². The van der Waals surface area contributed by atoms with Gasteiger partial charge in [-0.1, -0.05) is 6.07 Å². The lowest BCUT2D eigenvalue weighted by Crippen LogP contribution is -2.37. The first-order valence-electron chi connectivity index (χ1n) is 6.69. The van der Waals surface area contributed by atoms with Gasteiger partial charge in [-0.15, -0.1) is 0 Å². The third-order valence-electron chi connectivity index (χ3n) is 3.98. The highest BCUT2D eigenvalue weighted by Gasteiger charge is 2.32. The molecule has 2 fully saturated rings. The standard InChI is InChI=1S/C14H20N2S/c1-2-8-15-13(4-1)14-5-3-9-16(14)12-6-10-17-11-7-12/h1-2,4,8,12,14H,3,5-7,9-11H2/t14-/m0/s1. The van der Waals surface area contributed by atoms with E-state index in [0.717, 1.165) is 6.04 Å². The zero-order valence-electron chi connectivity index (χ0n) is 10.2. The number of thioether (sulfide) groups is 1. The maximum atomic E-state index is 4.56. The summed E-state index contributed by atoms with van der Waals surface area (Å²) in [7, 11) is 0. The molecule has 1 atom stereocenters. The lowest BCUT2D eigenvalue weighted by molar-refractivity contribution is 0.167. The minimum Gasteiger partial charge on any atom is -0.292 e. The van der Waals surface area contributed by atoms with Crippen molar-refractivity contribution in [2.45, 2.75) is 37.8 Å². The SMILES string of the molecule is c1ccc([C@@H]2CCCN2C2CCSCC2)nc1. The number of likely N-dealkylation sites (tertiary alicyclic amines) is 1. The summed E-state index contributed by atoms with van der Waals surface area (Å²) in [5, 5.41) is 0. The van der Waals surface area contributed by atoms with Gasteiger partial charge in [0.15, 0.2) is 0 Å². The zero-order valence-corrected chi connectivity index (χ0v) is 11.0. The fraction of sp³-hybridized carbons (Fsp3) is 0.643. The normalized spacial score (nSPS) is 27.4. The molecule has 0 saturated carbocycles. The molecule has 0 bridgehead atoms. The number of pyridine rings is 1. The van der Waals surface area contributed by atoms with Gasteiger partial charge in [0.1, 0.15) is 0 Å². The van der Waals surface area contributed by atoms with Crippen LogP contribution in [-0.2, 0) is 0 Å². The predicted octanol–water partition coefficient (Wildman–Crippen LogP) is 3.11. The summed E-state index contributed by atoms with van der Waals surface area (Å²) in [4.78, 5) is 7.28. The monoisotopic (exact) mass is 248 g/mol. The minimum atomic E-state index is 0.587. The number of hydrogen-bond acceptors (Lipinski definition) is 3. The van der Waals surface area contributed by atoms with Crippen molar-refractivity contribution in [1.29, 1.82) is 0 Å². The average Bonchev–Trinajstić information content (AvgIpc) is 2.90. The minimum absolute atomic E-state index is 0.587. The first-order chi connectivity index (χ1) is 8.45. The topological polar surface area (TPSA) is 16.1 Å². The third kappa shape index (κ3) is 2.50. The lowest BCUT2D eigenvalue weighted by Gasteiger charge is -2.35. The van der Waals surface area contributed by atoms with E-state index in [0.29, 0.717) is 6.04 Å². The molecule has 1 aromatic rings. The molecular weight excluding hydrogens is 228 g/mol. The second kappa shape index (κ2) is 5.40. The van der Waals surface area contributed by atoms with E-state index < -0.39 is 0 Å². The van der Waals surface area contributed by atoms with E-state index in [1.165, 1.54) is 49.4 Å². The summed E-state index contributed by atoms with van der Waals surface area (Å²) in [5.41, 5.74) is 1.28. The van der Waals surface area contributed by atoms with Crippen LogP contribution in [0.3, 0.4) is 0 Å². The van der Waals surface area contributed by atoms with Crippen LogP contribution in [0.5, 0.6) is 0 Å². The van der Waals surface area contributed by atoms with Crippen LogP contribution >= 0.6 is 11.8 Å². The van der Waals surface area contributed by atoms with Gasteiger partial charge in [0.2, 0.25) is 0 Å². The maximum absolute atomic E-state index is 4.56. The summed E-state index contributed by atoms with van der Waals surface area (Å²) in [6, 6.07) is 7.73. The van der Waals surface area contributed by atoms with Gasteiger partial charge in [-0.3, -0.25) is 9.88 Å². The van der Waals surface area contributed by atoms with Crippen LogP contribution in [0.4, 0.5) is 0 Å². The molecule has 3 heterocycles. The molecule has 0 N–H and O–H groups in total. The van der Waals surface area contributed by atoms with Gasteiger partial charge in [0.05, 0.1) is 11.7 Å². The molecule has 3 rings (SSSR count). The van der Waals surface area contributed by atoms with Gasteiger partial charge >= 0.3 is 0 Å². The van der Waals surface area contributed by atoms with Crippen LogP contribution in [0.25, 0.3) is 0 Å². The van der Waals surface area contributed by atoms with Crippen LogP contribution in [0, 0.1) is 0 Å². The smallest absolute Gasteiger partial charge is 0.0575 e. The first kappa shape index (κ1) is 11.5. The van der Waals surface area contributed by atoms with Crippen LogP contribution in [0.2, 0.25) is 0 Å². The average molecular weight is 248 g/mol. The van der Waals surface area contributed by atoms with Gasteiger partial charge in [0.25, 0.3) is 0 Å². The summed E-state index contributed by atoms with van der Waals surface area (Å²) >= 11 is 2.11. The van der Waals surface area contributed by atoms with Crippen molar-refractivity contribution in [3.63, 3.8) is 0 Å². The van der Waals surface area contributed by atoms with E-state index in [4.69, 9.17) is 0 Å². The summed E-state index contributed by atoms with van der Waals surface area (Å²) in [5.74, 6) is 2.69. The molecule has 2 saturated heterocycles. The third-order valence-corrected chi connectivity index (χ3v) is 5.03. The highest BCUT2D eigenvalue weighted by Crippen LogP contribution is 2.36. The van der Waals surface area contributed by atoms with E-state index in [-0.39, 0.29) is 0 Å². The molecule has 92 valence electrons. The lowest BCUT2D eigenvalue weighted by atomic mass is 10.1. The molecule has 0 spiro atoms. The molecule has 2 aliphatic heterocycles. The van der Waals surface area contributed by atoms with Crippen molar-refractivity contribution < 1.29 is 0 Å². The Kier molecular flexibility index (Phi) is 3.67. The van der Waals surface area contributed by atoms with Crippen LogP contribution in [-0.4, -0.2) is 34.0 Å².